The Morgan fingerprint density at radius 3 is 2.91 bits per heavy atom. The van der Waals surface area contributed by atoms with Crippen molar-refractivity contribution in [2.45, 2.75) is 38.5 Å². The zero-order valence-corrected chi connectivity index (χ0v) is 19.4. The maximum absolute atomic E-state index is 12.3. The lowest BCUT2D eigenvalue weighted by atomic mass is 10.0. The van der Waals surface area contributed by atoms with Gasteiger partial charge in [0.1, 0.15) is 11.9 Å². The van der Waals surface area contributed by atoms with Crippen molar-refractivity contribution < 1.29 is 4.84 Å². The zero-order chi connectivity index (χ0) is 22.9. The SMILES string of the molecule is CCc1cc2ncc(CN3CCNCCC3c3cnc4c(c3)ON(C)C4NC)cc2[nH]c1=O. The van der Waals surface area contributed by atoms with Gasteiger partial charge in [-0.1, -0.05) is 6.92 Å². The molecule has 0 radical (unpaired) electrons. The maximum atomic E-state index is 12.3. The molecule has 174 valence electrons. The molecule has 5 rings (SSSR count). The Bertz CT molecular complexity index is 1210. The van der Waals surface area contributed by atoms with Crippen LogP contribution in [0.3, 0.4) is 0 Å². The Balaban J connectivity index is 1.43. The van der Waals surface area contributed by atoms with Gasteiger partial charge in [0.25, 0.3) is 5.56 Å². The summed E-state index contributed by atoms with van der Waals surface area (Å²) in [6.45, 7) is 5.50. The summed E-state index contributed by atoms with van der Waals surface area (Å²) in [5, 5.41) is 8.54. The van der Waals surface area contributed by atoms with E-state index in [1.54, 1.807) is 5.06 Å². The maximum Gasteiger partial charge on any atom is 0.251 e. The molecule has 0 saturated carbocycles. The first kappa shape index (κ1) is 22.0. The first-order chi connectivity index (χ1) is 16.1. The molecule has 3 N–H and O–H groups in total. The van der Waals surface area contributed by atoms with Crippen LogP contribution in [0.2, 0.25) is 0 Å². The summed E-state index contributed by atoms with van der Waals surface area (Å²) in [4.78, 5) is 33.1. The molecule has 33 heavy (non-hydrogen) atoms. The fraction of sp³-hybridized carbons (Fsp3) is 0.458. The second-order valence-electron chi connectivity index (χ2n) is 8.76. The number of hydroxylamine groups is 2. The van der Waals surface area contributed by atoms with Crippen LogP contribution in [0.25, 0.3) is 11.0 Å². The number of aromatic nitrogens is 3. The van der Waals surface area contributed by atoms with Crippen molar-refractivity contribution in [2.24, 2.45) is 0 Å². The third-order valence-electron chi connectivity index (χ3n) is 6.63. The highest BCUT2D eigenvalue weighted by Gasteiger charge is 2.32. The van der Waals surface area contributed by atoms with E-state index >= 15 is 0 Å². The number of fused-ring (bicyclic) bond motifs is 2. The lowest BCUT2D eigenvalue weighted by Crippen LogP contribution is -2.31. The summed E-state index contributed by atoms with van der Waals surface area (Å²) in [6, 6.07) is 6.27. The van der Waals surface area contributed by atoms with Gasteiger partial charge < -0.3 is 15.1 Å². The number of aryl methyl sites for hydroxylation is 1. The average molecular weight is 450 g/mol. The Morgan fingerprint density at radius 2 is 2.09 bits per heavy atom. The highest BCUT2D eigenvalue weighted by Crippen LogP contribution is 2.36. The van der Waals surface area contributed by atoms with Gasteiger partial charge in [-0.3, -0.25) is 25.0 Å². The van der Waals surface area contributed by atoms with Crippen molar-refractivity contribution >= 4 is 11.0 Å². The van der Waals surface area contributed by atoms with Crippen molar-refractivity contribution in [3.63, 3.8) is 0 Å². The minimum Gasteiger partial charge on any atom is -0.402 e. The molecule has 0 bridgehead atoms. The number of aromatic amines is 1. The topological polar surface area (TPSA) is 98.4 Å². The minimum atomic E-state index is -0.0417. The van der Waals surface area contributed by atoms with Crippen molar-refractivity contribution in [2.75, 3.05) is 33.7 Å². The molecule has 2 unspecified atom stereocenters. The summed E-state index contributed by atoms with van der Waals surface area (Å²) in [5.74, 6) is 0.809. The van der Waals surface area contributed by atoms with Crippen LogP contribution in [0.15, 0.2) is 35.4 Å². The Morgan fingerprint density at radius 1 is 1.21 bits per heavy atom. The van der Waals surface area contributed by atoms with E-state index in [-0.39, 0.29) is 17.8 Å². The van der Waals surface area contributed by atoms with E-state index in [0.29, 0.717) is 6.42 Å². The van der Waals surface area contributed by atoms with Gasteiger partial charge in [0, 0.05) is 50.7 Å². The van der Waals surface area contributed by atoms with Gasteiger partial charge in [0.2, 0.25) is 0 Å². The molecule has 0 aliphatic carbocycles. The monoisotopic (exact) mass is 449 g/mol. The molecule has 0 amide bonds. The fourth-order valence-corrected chi connectivity index (χ4v) is 4.87. The molecule has 3 aromatic rings. The van der Waals surface area contributed by atoms with Crippen LogP contribution < -0.4 is 21.0 Å². The molecule has 2 atom stereocenters. The zero-order valence-electron chi connectivity index (χ0n) is 19.4. The van der Waals surface area contributed by atoms with Crippen LogP contribution in [0.4, 0.5) is 0 Å². The van der Waals surface area contributed by atoms with Crippen LogP contribution in [-0.2, 0) is 13.0 Å². The predicted molar refractivity (Wildman–Crippen MR) is 127 cm³/mol. The minimum absolute atomic E-state index is 0.0325. The third-order valence-corrected chi connectivity index (χ3v) is 6.63. The molecule has 2 aliphatic heterocycles. The first-order valence-electron chi connectivity index (χ1n) is 11.6. The molecular formula is C24H31N7O2. The van der Waals surface area contributed by atoms with Gasteiger partial charge in [-0.2, -0.15) is 0 Å². The average Bonchev–Trinajstić information content (AvgIpc) is 2.96. The number of hydrogen-bond acceptors (Lipinski definition) is 8. The molecule has 5 heterocycles. The summed E-state index contributed by atoms with van der Waals surface area (Å²) < 4.78 is 0. The fourth-order valence-electron chi connectivity index (χ4n) is 4.87. The van der Waals surface area contributed by atoms with Crippen molar-refractivity contribution in [3.8, 4) is 5.75 Å². The van der Waals surface area contributed by atoms with E-state index in [1.807, 2.05) is 39.5 Å². The number of rotatable bonds is 5. The number of nitrogens with one attached hydrogen (secondary N) is 3. The Labute approximate surface area is 193 Å². The van der Waals surface area contributed by atoms with Crippen LogP contribution in [0.5, 0.6) is 5.75 Å². The standard InChI is InChI=1S/C24H31N7O2/c1-4-16-10-18-19(29-24(16)32)9-15(12-27-18)14-31-8-7-26-6-5-20(31)17-11-21-22(28-13-17)23(25-2)30(3)33-21/h9-13,20,23,25-26H,4-8,14H2,1-3H3,(H,29,32). The summed E-state index contributed by atoms with van der Waals surface area (Å²) in [6.07, 6.45) is 5.53. The first-order valence-corrected chi connectivity index (χ1v) is 11.6. The van der Waals surface area contributed by atoms with Gasteiger partial charge in [-0.25, -0.2) is 0 Å². The molecule has 1 fully saturated rings. The van der Waals surface area contributed by atoms with Gasteiger partial charge >= 0.3 is 0 Å². The van der Waals surface area contributed by atoms with Crippen LogP contribution in [0, 0.1) is 0 Å². The quantitative estimate of drug-likeness (QED) is 0.543. The van der Waals surface area contributed by atoms with Gasteiger partial charge in [0.15, 0.2) is 5.75 Å². The summed E-state index contributed by atoms with van der Waals surface area (Å²) >= 11 is 0. The lowest BCUT2D eigenvalue weighted by Gasteiger charge is -2.30. The molecule has 0 spiro atoms. The van der Waals surface area contributed by atoms with Crippen molar-refractivity contribution in [1.82, 2.24) is 35.5 Å². The van der Waals surface area contributed by atoms with Gasteiger partial charge in [-0.15, -0.1) is 5.06 Å². The molecule has 0 aromatic carbocycles. The third kappa shape index (κ3) is 4.24. The lowest BCUT2D eigenvalue weighted by molar-refractivity contribution is -0.0526. The van der Waals surface area contributed by atoms with Crippen LogP contribution >= 0.6 is 0 Å². The molecule has 2 aliphatic rings. The number of pyridine rings is 3. The molecular weight excluding hydrogens is 418 g/mol. The highest BCUT2D eigenvalue weighted by molar-refractivity contribution is 5.74. The van der Waals surface area contributed by atoms with Crippen LogP contribution in [0.1, 0.15) is 47.9 Å². The van der Waals surface area contributed by atoms with E-state index in [0.717, 1.165) is 71.8 Å². The Kier molecular flexibility index (Phi) is 6.11. The number of nitrogens with zero attached hydrogens (tertiary/aromatic N) is 4. The summed E-state index contributed by atoms with van der Waals surface area (Å²) in [5.41, 5.74) is 5.48. The number of H-pyrrole nitrogens is 1. The van der Waals surface area contributed by atoms with E-state index in [2.05, 4.69) is 37.6 Å². The Hall–Kier alpha value is -2.85. The van der Waals surface area contributed by atoms with Crippen LogP contribution in [-0.4, -0.2) is 58.6 Å². The van der Waals surface area contributed by atoms with E-state index in [1.165, 1.54) is 0 Å². The normalized spacial score (nSPS) is 21.7. The van der Waals surface area contributed by atoms with E-state index in [9.17, 15) is 4.79 Å². The second kappa shape index (κ2) is 9.18. The largest absolute Gasteiger partial charge is 0.402 e. The number of hydrogen-bond donors (Lipinski definition) is 3. The van der Waals surface area contributed by atoms with Gasteiger partial charge in [-0.05, 0) is 55.8 Å². The smallest absolute Gasteiger partial charge is 0.251 e. The highest BCUT2D eigenvalue weighted by atomic mass is 16.7. The predicted octanol–water partition coefficient (Wildman–Crippen LogP) is 1.87. The van der Waals surface area contributed by atoms with Crippen molar-refractivity contribution in [3.05, 3.63) is 63.3 Å². The van der Waals surface area contributed by atoms with E-state index in [4.69, 9.17) is 9.82 Å². The van der Waals surface area contributed by atoms with Gasteiger partial charge in [0.05, 0.1) is 11.0 Å². The molecule has 1 saturated heterocycles. The second-order valence-corrected chi connectivity index (χ2v) is 8.76. The molecule has 9 nitrogen and oxygen atoms in total. The molecule has 3 aromatic heterocycles. The van der Waals surface area contributed by atoms with E-state index < -0.39 is 0 Å². The molecule has 9 heteroatoms. The summed E-state index contributed by atoms with van der Waals surface area (Å²) in [7, 11) is 3.81. The van der Waals surface area contributed by atoms with Crippen molar-refractivity contribution in [1.29, 1.82) is 0 Å².